The molecule has 1 aliphatic carbocycles. The summed E-state index contributed by atoms with van der Waals surface area (Å²) in [7, 11) is 0. The molecule has 1 aromatic rings. The topological polar surface area (TPSA) is 21.3 Å². The van der Waals surface area contributed by atoms with Crippen LogP contribution in [0.1, 0.15) is 32.6 Å². The van der Waals surface area contributed by atoms with Gasteiger partial charge in [-0.25, -0.2) is 0 Å². The minimum absolute atomic E-state index is 0.666. The van der Waals surface area contributed by atoms with E-state index in [0.29, 0.717) is 6.04 Å². The van der Waals surface area contributed by atoms with Crippen molar-refractivity contribution in [2.75, 3.05) is 13.2 Å². The van der Waals surface area contributed by atoms with Gasteiger partial charge in [-0.05, 0) is 44.4 Å². The van der Waals surface area contributed by atoms with E-state index < -0.39 is 0 Å². The van der Waals surface area contributed by atoms with Crippen molar-refractivity contribution < 1.29 is 4.74 Å². The van der Waals surface area contributed by atoms with Crippen molar-refractivity contribution in [1.82, 2.24) is 5.32 Å². The quantitative estimate of drug-likeness (QED) is 0.696. The second kappa shape index (κ2) is 6.65. The summed E-state index contributed by atoms with van der Waals surface area (Å²) in [6.07, 6.45) is 5.32. The fourth-order valence-electron chi connectivity index (χ4n) is 2.06. The molecule has 0 amide bonds. The lowest BCUT2D eigenvalue weighted by Crippen LogP contribution is -2.28. The highest BCUT2D eigenvalue weighted by Gasteiger charge is 2.22. The van der Waals surface area contributed by atoms with Crippen molar-refractivity contribution in [3.05, 3.63) is 30.3 Å². The summed E-state index contributed by atoms with van der Waals surface area (Å²) in [6.45, 7) is 4.14. The van der Waals surface area contributed by atoms with E-state index in [0.717, 1.165) is 31.2 Å². The molecule has 0 bridgehead atoms. The van der Waals surface area contributed by atoms with Crippen LogP contribution in [0.25, 0.3) is 0 Å². The number of para-hydroxylation sites is 1. The van der Waals surface area contributed by atoms with Crippen molar-refractivity contribution in [2.45, 2.75) is 38.6 Å². The van der Waals surface area contributed by atoms with E-state index in [-0.39, 0.29) is 0 Å². The van der Waals surface area contributed by atoms with E-state index in [1.807, 2.05) is 30.3 Å². The first-order valence-corrected chi connectivity index (χ1v) is 6.76. The fraction of sp³-hybridized carbons (Fsp3) is 0.600. The molecule has 2 heteroatoms. The molecule has 17 heavy (non-hydrogen) atoms. The zero-order valence-corrected chi connectivity index (χ0v) is 10.7. The minimum Gasteiger partial charge on any atom is -0.494 e. The molecule has 0 radical (unpaired) electrons. The predicted molar refractivity (Wildman–Crippen MR) is 71.4 cm³/mol. The molecule has 1 saturated carbocycles. The lowest BCUT2D eigenvalue weighted by Gasteiger charge is -2.13. The third kappa shape index (κ3) is 5.22. The molecule has 1 aromatic carbocycles. The number of hydrogen-bond acceptors (Lipinski definition) is 2. The largest absolute Gasteiger partial charge is 0.494 e. The van der Waals surface area contributed by atoms with Crippen LogP contribution < -0.4 is 10.1 Å². The van der Waals surface area contributed by atoms with Crippen LogP contribution in [0.5, 0.6) is 5.75 Å². The van der Waals surface area contributed by atoms with E-state index in [9.17, 15) is 0 Å². The van der Waals surface area contributed by atoms with Gasteiger partial charge in [-0.15, -0.1) is 0 Å². The summed E-state index contributed by atoms with van der Waals surface area (Å²) in [4.78, 5) is 0. The van der Waals surface area contributed by atoms with Crippen molar-refractivity contribution in [2.24, 2.45) is 5.92 Å². The maximum absolute atomic E-state index is 5.64. The van der Waals surface area contributed by atoms with Gasteiger partial charge in [-0.2, -0.15) is 0 Å². The summed E-state index contributed by atoms with van der Waals surface area (Å²) in [5.41, 5.74) is 0. The van der Waals surface area contributed by atoms with Gasteiger partial charge in [-0.1, -0.05) is 31.0 Å². The van der Waals surface area contributed by atoms with Gasteiger partial charge in [0.25, 0.3) is 0 Å². The average Bonchev–Trinajstić information content (AvgIpc) is 3.14. The Labute approximate surface area is 104 Å². The highest BCUT2D eigenvalue weighted by molar-refractivity contribution is 5.20. The molecule has 1 atom stereocenters. The maximum Gasteiger partial charge on any atom is 0.119 e. The average molecular weight is 233 g/mol. The van der Waals surface area contributed by atoms with Crippen LogP contribution in [0.3, 0.4) is 0 Å². The molecule has 0 aromatic heterocycles. The smallest absolute Gasteiger partial charge is 0.119 e. The van der Waals surface area contributed by atoms with Gasteiger partial charge in [0.05, 0.1) is 6.61 Å². The number of benzene rings is 1. The van der Waals surface area contributed by atoms with E-state index in [1.54, 1.807) is 0 Å². The molecular weight excluding hydrogens is 210 g/mol. The summed E-state index contributed by atoms with van der Waals surface area (Å²) in [5, 5.41) is 3.56. The zero-order valence-electron chi connectivity index (χ0n) is 10.7. The molecule has 0 aliphatic heterocycles. The van der Waals surface area contributed by atoms with Crippen LogP contribution in [0, 0.1) is 5.92 Å². The summed E-state index contributed by atoms with van der Waals surface area (Å²) < 4.78 is 5.64. The Hall–Kier alpha value is -1.02. The second-order valence-electron chi connectivity index (χ2n) is 5.05. The van der Waals surface area contributed by atoms with E-state index in [1.165, 1.54) is 19.3 Å². The van der Waals surface area contributed by atoms with E-state index >= 15 is 0 Å². The van der Waals surface area contributed by atoms with Crippen molar-refractivity contribution in [1.29, 1.82) is 0 Å². The molecule has 0 spiro atoms. The van der Waals surface area contributed by atoms with Crippen molar-refractivity contribution >= 4 is 0 Å². The van der Waals surface area contributed by atoms with Gasteiger partial charge in [0.1, 0.15) is 5.75 Å². The van der Waals surface area contributed by atoms with Crippen molar-refractivity contribution in [3.63, 3.8) is 0 Å². The lowest BCUT2D eigenvalue weighted by atomic mass is 10.1. The summed E-state index contributed by atoms with van der Waals surface area (Å²) in [6, 6.07) is 10.7. The van der Waals surface area contributed by atoms with Crippen molar-refractivity contribution in [3.8, 4) is 5.75 Å². The van der Waals surface area contributed by atoms with Gasteiger partial charge in [0, 0.05) is 6.04 Å². The Morgan fingerprint density at radius 3 is 2.76 bits per heavy atom. The standard InChI is InChI=1S/C15H23NO/c1-13(12-14-8-9-14)16-10-5-11-17-15-6-3-2-4-7-15/h2-4,6-7,13-14,16H,5,8-12H2,1H3. The fourth-order valence-corrected chi connectivity index (χ4v) is 2.06. The van der Waals surface area contributed by atoms with Crippen LogP contribution >= 0.6 is 0 Å². The van der Waals surface area contributed by atoms with Crippen LogP contribution in [0.4, 0.5) is 0 Å². The molecule has 0 saturated heterocycles. The van der Waals surface area contributed by atoms with Crippen LogP contribution in [0.2, 0.25) is 0 Å². The molecule has 1 unspecified atom stereocenters. The van der Waals surface area contributed by atoms with Gasteiger partial charge >= 0.3 is 0 Å². The van der Waals surface area contributed by atoms with E-state index in [4.69, 9.17) is 4.74 Å². The monoisotopic (exact) mass is 233 g/mol. The Morgan fingerprint density at radius 2 is 2.06 bits per heavy atom. The zero-order chi connectivity index (χ0) is 11.9. The molecule has 1 aliphatic rings. The van der Waals surface area contributed by atoms with Crippen LogP contribution in [0.15, 0.2) is 30.3 Å². The van der Waals surface area contributed by atoms with Crippen LogP contribution in [-0.4, -0.2) is 19.2 Å². The SMILES string of the molecule is CC(CC1CC1)NCCCOc1ccccc1. The molecule has 1 fully saturated rings. The first kappa shape index (κ1) is 12.4. The Morgan fingerprint density at radius 1 is 1.29 bits per heavy atom. The highest BCUT2D eigenvalue weighted by Crippen LogP contribution is 2.33. The third-order valence-electron chi connectivity index (χ3n) is 3.21. The molecule has 1 N–H and O–H groups in total. The van der Waals surface area contributed by atoms with Gasteiger partial charge in [0.15, 0.2) is 0 Å². The van der Waals surface area contributed by atoms with E-state index in [2.05, 4.69) is 12.2 Å². The highest BCUT2D eigenvalue weighted by atomic mass is 16.5. The molecule has 2 nitrogen and oxygen atoms in total. The first-order chi connectivity index (χ1) is 8.34. The molecule has 0 heterocycles. The Balaban J connectivity index is 1.48. The minimum atomic E-state index is 0.666. The summed E-state index contributed by atoms with van der Waals surface area (Å²) >= 11 is 0. The van der Waals surface area contributed by atoms with Crippen LogP contribution in [-0.2, 0) is 0 Å². The van der Waals surface area contributed by atoms with Gasteiger partial charge < -0.3 is 10.1 Å². The first-order valence-electron chi connectivity index (χ1n) is 6.76. The molecule has 94 valence electrons. The molecule has 2 rings (SSSR count). The number of rotatable bonds is 8. The lowest BCUT2D eigenvalue weighted by molar-refractivity contribution is 0.304. The third-order valence-corrected chi connectivity index (χ3v) is 3.21. The number of nitrogens with one attached hydrogen (secondary N) is 1. The Kier molecular flexibility index (Phi) is 4.87. The predicted octanol–water partition coefficient (Wildman–Crippen LogP) is 3.23. The maximum atomic E-state index is 5.64. The second-order valence-corrected chi connectivity index (χ2v) is 5.05. The number of ether oxygens (including phenoxy) is 1. The normalized spacial score (nSPS) is 16.8. The summed E-state index contributed by atoms with van der Waals surface area (Å²) in [5.74, 6) is 1.98. The van der Waals surface area contributed by atoms with Gasteiger partial charge in [-0.3, -0.25) is 0 Å². The van der Waals surface area contributed by atoms with Gasteiger partial charge in [0.2, 0.25) is 0 Å². The number of hydrogen-bond donors (Lipinski definition) is 1. The molecular formula is C15H23NO. The Bertz CT molecular complexity index is 308.